The van der Waals surface area contributed by atoms with Gasteiger partial charge >= 0.3 is 0 Å². The van der Waals surface area contributed by atoms with Crippen LogP contribution < -0.4 is 10.6 Å². The fourth-order valence-corrected chi connectivity index (χ4v) is 4.23. The van der Waals surface area contributed by atoms with E-state index in [1.54, 1.807) is 6.20 Å². The Morgan fingerprint density at radius 2 is 1.90 bits per heavy atom. The standard InChI is InChI=1S/C23H22ClN5/c24-20-14-27-23(29-22(20)19-13-26-21-7-2-1-6-18(19)21)28-17-5-3-4-16(12-17)15-8-10-25-11-9-15/h1-7,12-15,25-26H,8-11H2,(H,27,28,29). The van der Waals surface area contributed by atoms with Gasteiger partial charge in [-0.1, -0.05) is 41.9 Å². The summed E-state index contributed by atoms with van der Waals surface area (Å²) < 4.78 is 0. The largest absolute Gasteiger partial charge is 0.360 e. The third-order valence-electron chi connectivity index (χ3n) is 5.54. The van der Waals surface area contributed by atoms with Crippen LogP contribution in [0, 0.1) is 0 Å². The summed E-state index contributed by atoms with van der Waals surface area (Å²) in [6.07, 6.45) is 5.95. The lowest BCUT2D eigenvalue weighted by atomic mass is 9.90. The third-order valence-corrected chi connectivity index (χ3v) is 5.82. The zero-order valence-corrected chi connectivity index (χ0v) is 16.7. The highest BCUT2D eigenvalue weighted by Gasteiger charge is 2.16. The zero-order valence-electron chi connectivity index (χ0n) is 16.0. The number of benzene rings is 2. The lowest BCUT2D eigenvalue weighted by Gasteiger charge is -2.23. The van der Waals surface area contributed by atoms with Gasteiger partial charge in [-0.25, -0.2) is 9.97 Å². The zero-order chi connectivity index (χ0) is 19.6. The van der Waals surface area contributed by atoms with E-state index in [1.807, 2.05) is 30.5 Å². The third kappa shape index (κ3) is 3.71. The van der Waals surface area contributed by atoms with Crippen LogP contribution in [0.4, 0.5) is 11.6 Å². The van der Waals surface area contributed by atoms with E-state index >= 15 is 0 Å². The van der Waals surface area contributed by atoms with Crippen molar-refractivity contribution in [2.45, 2.75) is 18.8 Å². The van der Waals surface area contributed by atoms with Gasteiger partial charge in [-0.05, 0) is 55.6 Å². The van der Waals surface area contributed by atoms with Gasteiger partial charge in [-0.15, -0.1) is 0 Å². The van der Waals surface area contributed by atoms with Gasteiger partial charge in [0, 0.05) is 28.4 Å². The Labute approximate surface area is 174 Å². The molecule has 0 saturated carbocycles. The highest BCUT2D eigenvalue weighted by atomic mass is 35.5. The van der Waals surface area contributed by atoms with Crippen LogP contribution >= 0.6 is 11.6 Å². The van der Waals surface area contributed by atoms with Crippen molar-refractivity contribution in [2.24, 2.45) is 0 Å². The minimum absolute atomic E-state index is 0.531. The normalized spacial score (nSPS) is 14.9. The molecule has 1 aliphatic rings. The molecule has 3 heterocycles. The van der Waals surface area contributed by atoms with Gasteiger partial charge in [0.25, 0.3) is 0 Å². The van der Waals surface area contributed by atoms with Crippen LogP contribution in [-0.2, 0) is 0 Å². The average molecular weight is 404 g/mol. The molecule has 0 aliphatic carbocycles. The van der Waals surface area contributed by atoms with Crippen LogP contribution in [0.3, 0.4) is 0 Å². The SMILES string of the molecule is Clc1cnc(Nc2cccc(C3CCNCC3)c2)nc1-c1c[nH]c2ccccc12. The lowest BCUT2D eigenvalue weighted by Crippen LogP contribution is -2.26. The minimum Gasteiger partial charge on any atom is -0.360 e. The van der Waals surface area contributed by atoms with E-state index in [2.05, 4.69) is 44.9 Å². The Bertz CT molecular complexity index is 1150. The molecule has 2 aromatic heterocycles. The second-order valence-corrected chi connectivity index (χ2v) is 7.82. The summed E-state index contributed by atoms with van der Waals surface area (Å²) in [6, 6.07) is 16.7. The number of halogens is 1. The first kappa shape index (κ1) is 18.2. The first-order valence-corrected chi connectivity index (χ1v) is 10.3. The van der Waals surface area contributed by atoms with Crippen LogP contribution in [0.1, 0.15) is 24.3 Å². The van der Waals surface area contributed by atoms with Crippen molar-refractivity contribution in [2.75, 3.05) is 18.4 Å². The molecule has 146 valence electrons. The van der Waals surface area contributed by atoms with Crippen LogP contribution in [-0.4, -0.2) is 28.0 Å². The number of nitrogens with zero attached hydrogens (tertiary/aromatic N) is 2. The molecule has 5 nitrogen and oxygen atoms in total. The van der Waals surface area contributed by atoms with Crippen molar-refractivity contribution in [3.05, 3.63) is 71.5 Å². The van der Waals surface area contributed by atoms with Crippen LogP contribution in [0.2, 0.25) is 5.02 Å². The summed E-state index contributed by atoms with van der Waals surface area (Å²) in [5, 5.41) is 8.40. The second kappa shape index (κ2) is 7.85. The first-order chi connectivity index (χ1) is 14.3. The van der Waals surface area contributed by atoms with Crippen molar-refractivity contribution >= 4 is 34.1 Å². The molecule has 1 aliphatic heterocycles. The van der Waals surface area contributed by atoms with Gasteiger partial charge in [0.2, 0.25) is 5.95 Å². The number of para-hydroxylation sites is 1. The minimum atomic E-state index is 0.531. The number of hydrogen-bond donors (Lipinski definition) is 3. The van der Waals surface area contributed by atoms with E-state index in [4.69, 9.17) is 16.6 Å². The monoisotopic (exact) mass is 403 g/mol. The summed E-state index contributed by atoms with van der Waals surface area (Å²) in [7, 11) is 0. The van der Waals surface area contributed by atoms with E-state index in [9.17, 15) is 0 Å². The van der Waals surface area contributed by atoms with Gasteiger partial charge < -0.3 is 15.6 Å². The van der Waals surface area contributed by atoms with Gasteiger partial charge in [-0.3, -0.25) is 0 Å². The molecule has 0 unspecified atom stereocenters. The number of H-pyrrole nitrogens is 1. The molecule has 29 heavy (non-hydrogen) atoms. The predicted molar refractivity (Wildman–Crippen MR) is 119 cm³/mol. The topological polar surface area (TPSA) is 65.6 Å². The Hall–Kier alpha value is -2.89. The number of anilines is 2. The van der Waals surface area contributed by atoms with Crippen molar-refractivity contribution < 1.29 is 0 Å². The summed E-state index contributed by atoms with van der Waals surface area (Å²) in [6.45, 7) is 2.16. The molecule has 0 amide bonds. The quantitative estimate of drug-likeness (QED) is 0.421. The number of aromatic nitrogens is 3. The number of hydrogen-bond acceptors (Lipinski definition) is 4. The molecule has 0 bridgehead atoms. The van der Waals surface area contributed by atoms with Gasteiger partial charge in [-0.2, -0.15) is 0 Å². The summed E-state index contributed by atoms with van der Waals surface area (Å²) in [5.41, 5.74) is 5.10. The lowest BCUT2D eigenvalue weighted by molar-refractivity contribution is 0.460. The van der Waals surface area contributed by atoms with Crippen LogP contribution in [0.5, 0.6) is 0 Å². The molecule has 0 atom stereocenters. The van der Waals surface area contributed by atoms with E-state index in [1.165, 1.54) is 18.4 Å². The van der Waals surface area contributed by atoms with E-state index in [0.29, 0.717) is 16.9 Å². The maximum atomic E-state index is 6.45. The first-order valence-electron chi connectivity index (χ1n) is 9.95. The maximum absolute atomic E-state index is 6.45. The summed E-state index contributed by atoms with van der Waals surface area (Å²) >= 11 is 6.45. The summed E-state index contributed by atoms with van der Waals surface area (Å²) in [5.74, 6) is 1.14. The van der Waals surface area contributed by atoms with Crippen LogP contribution in [0.15, 0.2) is 60.9 Å². The van der Waals surface area contributed by atoms with E-state index < -0.39 is 0 Å². The average Bonchev–Trinajstić information content (AvgIpc) is 3.20. The molecule has 5 rings (SSSR count). The van der Waals surface area contributed by atoms with Gasteiger partial charge in [0.15, 0.2) is 0 Å². The van der Waals surface area contributed by atoms with Crippen molar-refractivity contribution in [1.29, 1.82) is 0 Å². The fraction of sp³-hybridized carbons (Fsp3) is 0.217. The van der Waals surface area contributed by atoms with E-state index in [-0.39, 0.29) is 0 Å². The molecule has 3 N–H and O–H groups in total. The molecule has 4 aromatic rings. The number of rotatable bonds is 4. The molecular weight excluding hydrogens is 382 g/mol. The highest BCUT2D eigenvalue weighted by molar-refractivity contribution is 6.33. The number of fused-ring (bicyclic) bond motifs is 1. The Morgan fingerprint density at radius 1 is 1.03 bits per heavy atom. The maximum Gasteiger partial charge on any atom is 0.227 e. The van der Waals surface area contributed by atoms with Crippen molar-refractivity contribution in [3.8, 4) is 11.3 Å². The highest BCUT2D eigenvalue weighted by Crippen LogP contribution is 2.33. The molecule has 6 heteroatoms. The molecule has 2 aromatic carbocycles. The smallest absolute Gasteiger partial charge is 0.227 e. The number of nitrogens with one attached hydrogen (secondary N) is 3. The Balaban J connectivity index is 1.45. The second-order valence-electron chi connectivity index (χ2n) is 7.41. The van der Waals surface area contributed by atoms with Crippen LogP contribution in [0.25, 0.3) is 22.2 Å². The van der Waals surface area contributed by atoms with Gasteiger partial charge in [0.1, 0.15) is 0 Å². The van der Waals surface area contributed by atoms with Crippen molar-refractivity contribution in [1.82, 2.24) is 20.3 Å². The molecule has 0 radical (unpaired) electrons. The van der Waals surface area contributed by atoms with Gasteiger partial charge in [0.05, 0.1) is 16.9 Å². The summed E-state index contributed by atoms with van der Waals surface area (Å²) in [4.78, 5) is 12.4. The molecular formula is C23H22ClN5. The molecule has 1 saturated heterocycles. The van der Waals surface area contributed by atoms with Crippen molar-refractivity contribution in [3.63, 3.8) is 0 Å². The van der Waals surface area contributed by atoms with E-state index in [0.717, 1.165) is 40.9 Å². The predicted octanol–water partition coefficient (Wildman–Crippen LogP) is 5.49. The Kier molecular flexibility index (Phi) is 4.92. The number of piperidine rings is 1. The number of aromatic amines is 1. The Morgan fingerprint density at radius 3 is 2.79 bits per heavy atom. The molecule has 0 spiro atoms. The molecule has 1 fully saturated rings. The fourth-order valence-electron chi connectivity index (χ4n) is 4.04.